The number of rotatable bonds is 6. The molecule has 0 saturated heterocycles. The first-order valence-electron chi connectivity index (χ1n) is 11.2. The molecule has 5 nitrogen and oxygen atoms in total. The Bertz CT molecular complexity index is 1360. The number of hydrogen-bond acceptors (Lipinski definition) is 2. The van der Waals surface area contributed by atoms with Crippen molar-refractivity contribution < 1.29 is 22.5 Å². The van der Waals surface area contributed by atoms with E-state index in [1.165, 1.54) is 18.2 Å². The molecule has 4 aromatic rings. The molecule has 5 rings (SSSR count). The molecule has 1 amide bonds. The zero-order valence-electron chi connectivity index (χ0n) is 18.6. The predicted molar refractivity (Wildman–Crippen MR) is 121 cm³/mol. The van der Waals surface area contributed by atoms with E-state index in [0.29, 0.717) is 28.9 Å². The van der Waals surface area contributed by atoms with E-state index >= 15 is 0 Å². The summed E-state index contributed by atoms with van der Waals surface area (Å²) in [6.45, 7) is 0.533. The van der Waals surface area contributed by atoms with Crippen LogP contribution in [0.5, 0.6) is 0 Å². The summed E-state index contributed by atoms with van der Waals surface area (Å²) in [6, 6.07) is 8.17. The van der Waals surface area contributed by atoms with Crippen LogP contribution >= 0.6 is 0 Å². The van der Waals surface area contributed by atoms with E-state index in [1.807, 2.05) is 17.8 Å². The lowest BCUT2D eigenvalue weighted by molar-refractivity contribution is -0.672. The minimum Gasteiger partial charge on any atom is -0.355 e. The number of hydrogen-bond donors (Lipinski definition) is 2. The second-order valence-electron chi connectivity index (χ2n) is 8.96. The van der Waals surface area contributed by atoms with Crippen LogP contribution in [0.25, 0.3) is 22.2 Å². The number of carbonyl (C=O) groups is 1. The number of nitrogens with zero attached hydrogens (tertiary/aromatic N) is 2. The number of aromatic amines is 1. The van der Waals surface area contributed by atoms with E-state index in [0.717, 1.165) is 24.5 Å². The molecule has 2 aromatic carbocycles. The minimum absolute atomic E-state index is 0.0757. The molecule has 8 heteroatoms. The van der Waals surface area contributed by atoms with Crippen LogP contribution in [0.4, 0.5) is 13.2 Å². The maximum absolute atomic E-state index is 14.5. The van der Waals surface area contributed by atoms with Crippen LogP contribution < -0.4 is 9.88 Å². The predicted octanol–water partition coefficient (Wildman–Crippen LogP) is 4.32. The molecule has 1 fully saturated rings. The number of fused-ring (bicyclic) bond motifs is 1. The molecular formula is C26H24F3N4O+. The second kappa shape index (κ2) is 8.93. The second-order valence-corrected chi connectivity index (χ2v) is 8.96. The molecular weight excluding hydrogens is 441 g/mol. The van der Waals surface area contributed by atoms with Crippen LogP contribution in [-0.2, 0) is 18.3 Å². The Labute approximate surface area is 194 Å². The summed E-state index contributed by atoms with van der Waals surface area (Å²) in [5.41, 5.74) is 3.17. The summed E-state index contributed by atoms with van der Waals surface area (Å²) < 4.78 is 43.9. The van der Waals surface area contributed by atoms with Crippen molar-refractivity contribution in [1.29, 1.82) is 0 Å². The summed E-state index contributed by atoms with van der Waals surface area (Å²) in [5, 5.41) is 3.48. The Morgan fingerprint density at radius 2 is 1.91 bits per heavy atom. The molecule has 1 aliphatic rings. The molecule has 0 unspecified atom stereocenters. The number of carbonyl (C=O) groups excluding carboxylic acids is 1. The first kappa shape index (κ1) is 22.1. The summed E-state index contributed by atoms with van der Waals surface area (Å²) in [7, 11) is 1.88. The third-order valence-electron chi connectivity index (χ3n) is 6.47. The molecule has 2 heterocycles. The van der Waals surface area contributed by atoms with Crippen molar-refractivity contribution in [3.05, 3.63) is 83.7 Å². The van der Waals surface area contributed by atoms with Gasteiger partial charge in [0, 0.05) is 18.0 Å². The maximum atomic E-state index is 14.5. The average Bonchev–Trinajstić information content (AvgIpc) is 3.12. The van der Waals surface area contributed by atoms with Crippen molar-refractivity contribution in [3.8, 4) is 11.3 Å². The van der Waals surface area contributed by atoms with Crippen molar-refractivity contribution in [1.82, 2.24) is 15.3 Å². The van der Waals surface area contributed by atoms with E-state index < -0.39 is 11.6 Å². The van der Waals surface area contributed by atoms with Crippen molar-refractivity contribution in [2.45, 2.75) is 25.2 Å². The molecule has 2 aromatic heterocycles. The van der Waals surface area contributed by atoms with Crippen LogP contribution in [0, 0.1) is 23.4 Å². The minimum atomic E-state index is -0.657. The van der Waals surface area contributed by atoms with Gasteiger partial charge in [-0.15, -0.1) is 0 Å². The highest BCUT2D eigenvalue weighted by atomic mass is 19.1. The summed E-state index contributed by atoms with van der Waals surface area (Å²) >= 11 is 0. The van der Waals surface area contributed by atoms with Gasteiger partial charge in [-0.05, 0) is 66.1 Å². The fourth-order valence-corrected chi connectivity index (χ4v) is 4.77. The van der Waals surface area contributed by atoms with Crippen LogP contribution in [0.15, 0.2) is 55.0 Å². The first-order chi connectivity index (χ1) is 16.4. The van der Waals surface area contributed by atoms with E-state index in [2.05, 4.69) is 15.3 Å². The molecule has 2 N–H and O–H groups in total. The Kier molecular flexibility index (Phi) is 5.81. The Morgan fingerprint density at radius 3 is 2.65 bits per heavy atom. The maximum Gasteiger partial charge on any atom is 0.226 e. The number of aromatic nitrogens is 3. The van der Waals surface area contributed by atoms with Gasteiger partial charge in [0.15, 0.2) is 12.4 Å². The molecule has 0 aliphatic heterocycles. The monoisotopic (exact) mass is 465 g/mol. The molecule has 0 spiro atoms. The zero-order chi connectivity index (χ0) is 23.8. The third-order valence-corrected chi connectivity index (χ3v) is 6.47. The van der Waals surface area contributed by atoms with Gasteiger partial charge in [-0.2, -0.15) is 0 Å². The fraction of sp³-hybridized carbons (Fsp3) is 0.269. The van der Waals surface area contributed by atoms with Gasteiger partial charge in [0.05, 0.1) is 23.8 Å². The Hall–Kier alpha value is -3.68. The van der Waals surface area contributed by atoms with Crippen LogP contribution in [0.1, 0.15) is 30.0 Å². The smallest absolute Gasteiger partial charge is 0.226 e. The van der Waals surface area contributed by atoms with Crippen LogP contribution in [-0.4, -0.2) is 22.4 Å². The van der Waals surface area contributed by atoms with E-state index in [1.54, 1.807) is 24.5 Å². The van der Waals surface area contributed by atoms with Gasteiger partial charge >= 0.3 is 0 Å². The quantitative estimate of drug-likeness (QED) is 0.417. The fourth-order valence-electron chi connectivity index (χ4n) is 4.77. The van der Waals surface area contributed by atoms with Gasteiger partial charge in [0.1, 0.15) is 30.2 Å². The van der Waals surface area contributed by atoms with Crippen LogP contribution in [0.3, 0.4) is 0 Å². The van der Waals surface area contributed by atoms with Gasteiger partial charge in [-0.25, -0.2) is 22.7 Å². The van der Waals surface area contributed by atoms with Crippen molar-refractivity contribution >= 4 is 16.8 Å². The largest absolute Gasteiger partial charge is 0.355 e. The normalized spacial score (nSPS) is 17.5. The molecule has 0 atom stereocenters. The number of H-pyrrole nitrogens is 1. The zero-order valence-corrected chi connectivity index (χ0v) is 18.6. The van der Waals surface area contributed by atoms with Gasteiger partial charge in [-0.3, -0.25) is 4.79 Å². The highest BCUT2D eigenvalue weighted by molar-refractivity contribution is 5.92. The Morgan fingerprint density at radius 1 is 1.15 bits per heavy atom. The van der Waals surface area contributed by atoms with Crippen molar-refractivity contribution in [2.24, 2.45) is 13.0 Å². The molecule has 174 valence electrons. The molecule has 1 saturated carbocycles. The lowest BCUT2D eigenvalue weighted by atomic mass is 9.70. The lowest BCUT2D eigenvalue weighted by Gasteiger charge is -2.36. The molecule has 34 heavy (non-hydrogen) atoms. The topological polar surface area (TPSA) is 61.7 Å². The molecule has 0 bridgehead atoms. The lowest BCUT2D eigenvalue weighted by Crippen LogP contribution is -2.36. The summed E-state index contributed by atoms with van der Waals surface area (Å²) in [5.74, 6) is -1.41. The van der Waals surface area contributed by atoms with Gasteiger partial charge < -0.3 is 10.3 Å². The SMILES string of the molecule is C[n+]1ccnc(CC(=O)NCC2CC(c3c(-c4ccc(F)cc4)[nH]c4c(F)cc(F)cc34)C2)c1. The highest BCUT2D eigenvalue weighted by Crippen LogP contribution is 2.48. The van der Waals surface area contributed by atoms with Gasteiger partial charge in [-0.1, -0.05) is 0 Å². The average molecular weight is 465 g/mol. The molecule has 1 aliphatic carbocycles. The number of halogens is 3. The standard InChI is InChI=1S/C26H23F3N4O/c1-33-7-6-30-20(14-33)12-23(34)31-13-15-8-17(9-15)24-21-10-19(28)11-22(29)26(21)32-25(24)16-2-4-18(27)5-3-16/h2-7,10-11,14-15,17,32H,8-9,12-13H2,1H3/p+1. The van der Waals surface area contributed by atoms with E-state index in [4.69, 9.17) is 0 Å². The summed E-state index contributed by atoms with van der Waals surface area (Å²) in [4.78, 5) is 19.6. The van der Waals surface area contributed by atoms with Gasteiger partial charge in [0.2, 0.25) is 5.91 Å². The highest BCUT2D eigenvalue weighted by Gasteiger charge is 2.34. The van der Waals surface area contributed by atoms with Crippen LogP contribution in [0.2, 0.25) is 0 Å². The molecule has 0 radical (unpaired) electrons. The number of benzene rings is 2. The van der Waals surface area contributed by atoms with E-state index in [-0.39, 0.29) is 35.5 Å². The summed E-state index contributed by atoms with van der Waals surface area (Å²) in [6.07, 6.45) is 7.03. The van der Waals surface area contributed by atoms with Crippen molar-refractivity contribution in [3.63, 3.8) is 0 Å². The van der Waals surface area contributed by atoms with Gasteiger partial charge in [0.25, 0.3) is 0 Å². The third kappa shape index (κ3) is 4.40. The number of nitrogens with one attached hydrogen (secondary N) is 2. The number of aryl methyl sites for hydroxylation is 1. The Balaban J connectivity index is 1.31. The number of amides is 1. The van der Waals surface area contributed by atoms with E-state index in [9.17, 15) is 18.0 Å². The van der Waals surface area contributed by atoms with Crippen molar-refractivity contribution in [2.75, 3.05) is 6.54 Å². The first-order valence-corrected chi connectivity index (χ1v) is 11.2.